The van der Waals surface area contributed by atoms with Crippen LogP contribution in [-0.2, 0) is 11.2 Å². The number of hydrogen-bond acceptors (Lipinski definition) is 5. The van der Waals surface area contributed by atoms with E-state index in [0.717, 1.165) is 25.2 Å². The van der Waals surface area contributed by atoms with Crippen molar-refractivity contribution < 1.29 is 4.79 Å². The van der Waals surface area contributed by atoms with Crippen molar-refractivity contribution in [2.75, 3.05) is 18.4 Å². The van der Waals surface area contributed by atoms with E-state index in [1.165, 1.54) is 15.3 Å². The van der Waals surface area contributed by atoms with E-state index in [1.54, 1.807) is 35.6 Å². The van der Waals surface area contributed by atoms with Crippen LogP contribution in [0.5, 0.6) is 0 Å². The Kier molecular flexibility index (Phi) is 5.35. The molecular weight excluding hydrogens is 374 g/mol. The maximum atomic E-state index is 12.4. The summed E-state index contributed by atoms with van der Waals surface area (Å²) in [4.78, 5) is 17.6. The van der Waals surface area contributed by atoms with Gasteiger partial charge in [0.15, 0.2) is 0 Å². The summed E-state index contributed by atoms with van der Waals surface area (Å²) in [6, 6.07) is 15.8. The van der Waals surface area contributed by atoms with Crippen molar-refractivity contribution >= 4 is 34.3 Å². The molecule has 0 bridgehead atoms. The molecule has 1 amide bonds. The van der Waals surface area contributed by atoms with Gasteiger partial charge in [0.05, 0.1) is 17.7 Å². The Morgan fingerprint density at radius 2 is 2.04 bits per heavy atom. The summed E-state index contributed by atoms with van der Waals surface area (Å²) in [7, 11) is 0. The molecule has 1 unspecified atom stereocenters. The molecule has 4 nitrogen and oxygen atoms in total. The number of carbonyl (C=O) groups excluding carboxylic acids is 1. The zero-order valence-electron chi connectivity index (χ0n) is 14.7. The Hall–Kier alpha value is -2.46. The van der Waals surface area contributed by atoms with Crippen LogP contribution in [0.15, 0.2) is 53.2 Å². The number of fused-ring (bicyclic) bond motifs is 1. The van der Waals surface area contributed by atoms with Gasteiger partial charge in [-0.1, -0.05) is 6.07 Å². The van der Waals surface area contributed by atoms with Crippen LogP contribution in [0.25, 0.3) is 0 Å². The van der Waals surface area contributed by atoms with Gasteiger partial charge in [0, 0.05) is 35.0 Å². The molecule has 2 aromatic heterocycles. The first-order valence-corrected chi connectivity index (χ1v) is 10.6. The molecule has 136 valence electrons. The molecule has 6 heteroatoms. The number of amides is 1. The highest BCUT2D eigenvalue weighted by Gasteiger charge is 2.30. The first-order chi connectivity index (χ1) is 13.2. The third-order valence-corrected chi connectivity index (χ3v) is 6.72. The van der Waals surface area contributed by atoms with Crippen molar-refractivity contribution in [3.63, 3.8) is 0 Å². The lowest BCUT2D eigenvalue weighted by Gasteiger charge is -2.35. The van der Waals surface area contributed by atoms with E-state index in [1.807, 2.05) is 11.3 Å². The van der Waals surface area contributed by atoms with E-state index in [4.69, 9.17) is 5.26 Å². The van der Waals surface area contributed by atoms with Gasteiger partial charge in [-0.3, -0.25) is 9.69 Å². The molecule has 1 atom stereocenters. The van der Waals surface area contributed by atoms with E-state index >= 15 is 0 Å². The van der Waals surface area contributed by atoms with Gasteiger partial charge >= 0.3 is 0 Å². The van der Waals surface area contributed by atoms with Crippen LogP contribution in [0.2, 0.25) is 0 Å². The summed E-state index contributed by atoms with van der Waals surface area (Å²) in [5, 5.41) is 16.1. The summed E-state index contributed by atoms with van der Waals surface area (Å²) >= 11 is 3.61. The van der Waals surface area contributed by atoms with Crippen molar-refractivity contribution in [1.82, 2.24) is 4.90 Å². The van der Waals surface area contributed by atoms with E-state index in [9.17, 15) is 4.79 Å². The first-order valence-electron chi connectivity index (χ1n) is 8.88. The van der Waals surface area contributed by atoms with Gasteiger partial charge in [-0.15, -0.1) is 22.7 Å². The van der Waals surface area contributed by atoms with Crippen LogP contribution in [0.3, 0.4) is 0 Å². The average molecular weight is 394 g/mol. The summed E-state index contributed by atoms with van der Waals surface area (Å²) in [6.07, 6.45) is 1.49. The van der Waals surface area contributed by atoms with E-state index in [-0.39, 0.29) is 11.9 Å². The standard InChI is InChI=1S/C21H19N3OS2/c22-14-15-3-5-16(6-4-15)23-20(25)8-11-24-10-7-18-17(9-13-27-18)21(24)19-2-1-12-26-19/h1-6,9,12-13,21H,7-8,10-11H2,(H,23,25). The third-order valence-electron chi connectivity index (χ3n) is 4.80. The van der Waals surface area contributed by atoms with Crippen LogP contribution in [0.4, 0.5) is 5.69 Å². The van der Waals surface area contributed by atoms with Crippen LogP contribution < -0.4 is 5.32 Å². The van der Waals surface area contributed by atoms with Crippen molar-refractivity contribution in [2.24, 2.45) is 0 Å². The Bertz CT molecular complexity index is 954. The predicted molar refractivity (Wildman–Crippen MR) is 110 cm³/mol. The topological polar surface area (TPSA) is 56.1 Å². The molecule has 1 N–H and O–H groups in total. The summed E-state index contributed by atoms with van der Waals surface area (Å²) < 4.78 is 0. The van der Waals surface area contributed by atoms with Gasteiger partial charge in [0.2, 0.25) is 5.91 Å². The fraction of sp³-hybridized carbons (Fsp3) is 0.238. The Morgan fingerprint density at radius 3 is 2.78 bits per heavy atom. The Balaban J connectivity index is 1.42. The summed E-state index contributed by atoms with van der Waals surface area (Å²) in [5.74, 6) is 0.000697. The van der Waals surface area contributed by atoms with Crippen molar-refractivity contribution in [1.29, 1.82) is 5.26 Å². The first kappa shape index (κ1) is 17.9. The van der Waals surface area contributed by atoms with E-state index in [0.29, 0.717) is 12.0 Å². The number of hydrogen-bond donors (Lipinski definition) is 1. The normalized spacial score (nSPS) is 16.5. The van der Waals surface area contributed by atoms with Gasteiger partial charge in [0.25, 0.3) is 0 Å². The fourth-order valence-corrected chi connectivity index (χ4v) is 5.27. The maximum absolute atomic E-state index is 12.4. The van der Waals surface area contributed by atoms with Gasteiger partial charge < -0.3 is 5.32 Å². The fourth-order valence-electron chi connectivity index (χ4n) is 3.49. The molecule has 0 spiro atoms. The molecule has 0 saturated carbocycles. The lowest BCUT2D eigenvalue weighted by atomic mass is 9.98. The second-order valence-corrected chi connectivity index (χ2v) is 8.47. The highest BCUT2D eigenvalue weighted by atomic mass is 32.1. The lowest BCUT2D eigenvalue weighted by molar-refractivity contribution is -0.116. The second-order valence-electron chi connectivity index (χ2n) is 6.49. The molecule has 1 aromatic carbocycles. The molecule has 0 fully saturated rings. The summed E-state index contributed by atoms with van der Waals surface area (Å²) in [6.45, 7) is 1.69. The minimum absolute atomic E-state index is 0.000697. The molecule has 4 rings (SSSR count). The van der Waals surface area contributed by atoms with Crippen molar-refractivity contribution in [3.8, 4) is 6.07 Å². The molecule has 1 aliphatic rings. The SMILES string of the molecule is N#Cc1ccc(NC(=O)CCN2CCc3sccc3C2c2cccs2)cc1. The number of nitrogens with one attached hydrogen (secondary N) is 1. The second kappa shape index (κ2) is 8.05. The quantitative estimate of drug-likeness (QED) is 0.686. The number of thiophene rings is 2. The van der Waals surface area contributed by atoms with Crippen LogP contribution in [0.1, 0.15) is 33.3 Å². The number of nitriles is 1. The Labute approximate surface area is 166 Å². The number of carbonyl (C=O) groups is 1. The number of nitrogens with zero attached hydrogens (tertiary/aromatic N) is 2. The van der Waals surface area contributed by atoms with Gasteiger partial charge in [0.1, 0.15) is 0 Å². The predicted octanol–water partition coefficient (Wildman–Crippen LogP) is 4.66. The molecule has 0 aliphatic carbocycles. The van der Waals surface area contributed by atoms with E-state index in [2.05, 4.69) is 45.2 Å². The van der Waals surface area contributed by atoms with Crippen molar-refractivity contribution in [3.05, 3.63) is 74.1 Å². The number of anilines is 1. The number of rotatable bonds is 5. The zero-order valence-corrected chi connectivity index (χ0v) is 16.4. The molecule has 3 heterocycles. The van der Waals surface area contributed by atoms with Crippen molar-refractivity contribution in [2.45, 2.75) is 18.9 Å². The van der Waals surface area contributed by atoms with Crippen LogP contribution in [0, 0.1) is 11.3 Å². The highest BCUT2D eigenvalue weighted by Crippen LogP contribution is 2.39. The average Bonchev–Trinajstić information content (AvgIpc) is 3.38. The minimum Gasteiger partial charge on any atom is -0.326 e. The molecule has 3 aromatic rings. The van der Waals surface area contributed by atoms with Gasteiger partial charge in [-0.2, -0.15) is 5.26 Å². The molecule has 0 radical (unpaired) electrons. The minimum atomic E-state index is 0.000697. The molecule has 27 heavy (non-hydrogen) atoms. The lowest BCUT2D eigenvalue weighted by Crippen LogP contribution is -2.37. The molecular formula is C21H19N3OS2. The molecule has 0 saturated heterocycles. The number of benzene rings is 1. The third kappa shape index (κ3) is 3.96. The van der Waals surface area contributed by atoms with E-state index < -0.39 is 0 Å². The monoisotopic (exact) mass is 393 g/mol. The van der Waals surface area contributed by atoms with Crippen LogP contribution >= 0.6 is 22.7 Å². The largest absolute Gasteiger partial charge is 0.326 e. The highest BCUT2D eigenvalue weighted by molar-refractivity contribution is 7.10. The summed E-state index contributed by atoms with van der Waals surface area (Å²) in [5.41, 5.74) is 2.71. The Morgan fingerprint density at radius 1 is 1.19 bits per heavy atom. The smallest absolute Gasteiger partial charge is 0.225 e. The van der Waals surface area contributed by atoms with Gasteiger partial charge in [-0.05, 0) is 59.1 Å². The van der Waals surface area contributed by atoms with Gasteiger partial charge in [-0.25, -0.2) is 0 Å². The molecule has 1 aliphatic heterocycles. The van der Waals surface area contributed by atoms with Crippen LogP contribution in [-0.4, -0.2) is 23.9 Å². The maximum Gasteiger partial charge on any atom is 0.225 e. The zero-order chi connectivity index (χ0) is 18.6.